The van der Waals surface area contributed by atoms with Crippen LogP contribution in [-0.4, -0.2) is 15.5 Å². The monoisotopic (exact) mass is 420 g/mol. The van der Waals surface area contributed by atoms with Gasteiger partial charge in [-0.25, -0.2) is 4.98 Å². The maximum atomic E-state index is 12.7. The van der Waals surface area contributed by atoms with Crippen molar-refractivity contribution in [2.75, 3.05) is 0 Å². The summed E-state index contributed by atoms with van der Waals surface area (Å²) < 4.78 is 8.10. The van der Waals surface area contributed by atoms with Crippen molar-refractivity contribution in [3.63, 3.8) is 0 Å². The zero-order valence-electron chi connectivity index (χ0n) is 17.3. The van der Waals surface area contributed by atoms with E-state index < -0.39 is 0 Å². The molecule has 0 aliphatic carbocycles. The minimum atomic E-state index is -0.0637. The van der Waals surface area contributed by atoms with Crippen molar-refractivity contribution in [2.24, 2.45) is 0 Å². The van der Waals surface area contributed by atoms with Gasteiger partial charge in [-0.1, -0.05) is 42.5 Å². The maximum Gasteiger partial charge on any atom is 0.226 e. The minimum absolute atomic E-state index is 0.0637. The Bertz CT molecular complexity index is 1350. The topological polar surface area (TPSA) is 79.9 Å². The van der Waals surface area contributed by atoms with Crippen LogP contribution < -0.4 is 10.1 Å². The highest BCUT2D eigenvalue weighted by atomic mass is 16.5. The zero-order valence-corrected chi connectivity index (χ0v) is 17.3. The van der Waals surface area contributed by atoms with Crippen LogP contribution in [0, 0.1) is 11.3 Å². The van der Waals surface area contributed by atoms with Crippen LogP contribution in [-0.2, 0) is 24.3 Å². The predicted molar refractivity (Wildman–Crippen MR) is 120 cm³/mol. The number of carbonyl (C=O) groups is 1. The van der Waals surface area contributed by atoms with Gasteiger partial charge < -0.3 is 14.6 Å². The number of nitriles is 1. The Morgan fingerprint density at radius 1 is 1.06 bits per heavy atom. The van der Waals surface area contributed by atoms with Crippen LogP contribution in [0.2, 0.25) is 0 Å². The first-order chi connectivity index (χ1) is 15.7. The third-order valence-electron chi connectivity index (χ3n) is 5.53. The van der Waals surface area contributed by atoms with Gasteiger partial charge in [0.25, 0.3) is 0 Å². The van der Waals surface area contributed by atoms with Gasteiger partial charge in [-0.05, 0) is 46.5 Å². The Kier molecular flexibility index (Phi) is 5.14. The Hall–Kier alpha value is -4.37. The number of rotatable bonds is 0. The van der Waals surface area contributed by atoms with Crippen LogP contribution >= 0.6 is 0 Å². The Morgan fingerprint density at radius 2 is 1.97 bits per heavy atom. The molecule has 156 valence electrons. The third-order valence-corrected chi connectivity index (χ3v) is 5.53. The fourth-order valence-electron chi connectivity index (χ4n) is 3.91. The van der Waals surface area contributed by atoms with Crippen molar-refractivity contribution in [3.8, 4) is 28.7 Å². The molecule has 5 rings (SSSR count). The molecule has 1 aliphatic heterocycles. The fraction of sp³-hybridized carbons (Fsp3) is 0.115. The van der Waals surface area contributed by atoms with Crippen molar-refractivity contribution in [1.82, 2.24) is 14.9 Å². The van der Waals surface area contributed by atoms with Gasteiger partial charge in [0.15, 0.2) is 0 Å². The first-order valence-corrected chi connectivity index (χ1v) is 10.3. The van der Waals surface area contributed by atoms with Gasteiger partial charge in [-0.15, -0.1) is 0 Å². The lowest BCUT2D eigenvalue weighted by Crippen LogP contribution is -2.26. The lowest BCUT2D eigenvalue weighted by molar-refractivity contribution is -0.120. The normalized spacial score (nSPS) is 13.2. The number of ether oxygens (including phenoxy) is 1. The molecule has 4 bridgehead atoms. The highest BCUT2D eigenvalue weighted by molar-refractivity contribution is 5.78. The molecule has 32 heavy (non-hydrogen) atoms. The van der Waals surface area contributed by atoms with Crippen LogP contribution in [0.25, 0.3) is 11.1 Å². The first kappa shape index (κ1) is 19.6. The second kappa shape index (κ2) is 8.40. The standard InChI is InChI=1S/C26H20N4O2/c27-13-20-9-8-18-10-25(20)32-23-6-3-5-19(11-23)24-7-2-1-4-21(24)14-29-26(31)12-22-15-28-17-30(22)16-18/h1-11,15,17H,12,14,16H2,(H,29,31). The average Bonchev–Trinajstić information content (AvgIpc) is 3.24. The molecule has 0 saturated carbocycles. The molecule has 0 unspecified atom stereocenters. The van der Waals surface area contributed by atoms with E-state index in [0.717, 1.165) is 27.9 Å². The summed E-state index contributed by atoms with van der Waals surface area (Å²) in [6.45, 7) is 0.944. The molecule has 1 amide bonds. The van der Waals surface area contributed by atoms with Crippen molar-refractivity contribution in [1.29, 1.82) is 5.26 Å². The molecule has 1 aromatic heterocycles. The average molecular weight is 420 g/mol. The van der Waals surface area contributed by atoms with E-state index in [-0.39, 0.29) is 12.3 Å². The summed E-state index contributed by atoms with van der Waals surface area (Å²) in [6.07, 6.45) is 3.66. The summed E-state index contributed by atoms with van der Waals surface area (Å²) in [7, 11) is 0. The van der Waals surface area contributed by atoms with Crippen molar-refractivity contribution < 1.29 is 9.53 Å². The van der Waals surface area contributed by atoms with Crippen LogP contribution in [0.1, 0.15) is 22.4 Å². The van der Waals surface area contributed by atoms with Gasteiger partial charge in [0.2, 0.25) is 5.91 Å². The van der Waals surface area contributed by atoms with Crippen LogP contribution in [0.5, 0.6) is 11.5 Å². The van der Waals surface area contributed by atoms with E-state index in [1.54, 1.807) is 18.6 Å². The van der Waals surface area contributed by atoms with Gasteiger partial charge in [-0.3, -0.25) is 4.79 Å². The van der Waals surface area contributed by atoms with Crippen LogP contribution in [0.4, 0.5) is 0 Å². The lowest BCUT2D eigenvalue weighted by atomic mass is 9.99. The molecular formula is C26H20N4O2. The van der Waals surface area contributed by atoms with E-state index in [1.165, 1.54) is 0 Å². The highest BCUT2D eigenvalue weighted by Gasteiger charge is 2.14. The van der Waals surface area contributed by atoms with E-state index in [2.05, 4.69) is 16.4 Å². The number of imidazole rings is 1. The summed E-state index contributed by atoms with van der Waals surface area (Å²) in [6, 6.07) is 23.5. The molecule has 2 heterocycles. The van der Waals surface area contributed by atoms with Crippen LogP contribution in [0.15, 0.2) is 79.3 Å². The predicted octanol–water partition coefficient (Wildman–Crippen LogP) is 4.43. The number of fused-ring (bicyclic) bond motifs is 7. The minimum Gasteiger partial charge on any atom is -0.456 e. The van der Waals surface area contributed by atoms with E-state index in [9.17, 15) is 10.1 Å². The van der Waals surface area contributed by atoms with E-state index in [0.29, 0.717) is 30.2 Å². The zero-order chi connectivity index (χ0) is 21.9. The molecule has 0 radical (unpaired) electrons. The largest absolute Gasteiger partial charge is 0.456 e. The number of benzene rings is 3. The van der Waals surface area contributed by atoms with Gasteiger partial charge in [0.1, 0.15) is 17.6 Å². The second-order valence-electron chi connectivity index (χ2n) is 7.70. The molecule has 4 aromatic rings. The number of nitrogens with one attached hydrogen (secondary N) is 1. The van der Waals surface area contributed by atoms with Gasteiger partial charge >= 0.3 is 0 Å². The van der Waals surface area contributed by atoms with Crippen LogP contribution in [0.3, 0.4) is 0 Å². The molecule has 0 fully saturated rings. The summed E-state index contributed by atoms with van der Waals surface area (Å²) in [5, 5.41) is 12.6. The molecule has 3 aromatic carbocycles. The van der Waals surface area contributed by atoms with Crippen molar-refractivity contribution >= 4 is 5.91 Å². The first-order valence-electron chi connectivity index (χ1n) is 10.3. The molecule has 0 spiro atoms. The summed E-state index contributed by atoms with van der Waals surface area (Å²) in [4.78, 5) is 16.9. The Balaban J connectivity index is 1.63. The number of hydrogen-bond acceptors (Lipinski definition) is 4. The smallest absolute Gasteiger partial charge is 0.226 e. The fourth-order valence-corrected chi connectivity index (χ4v) is 3.91. The highest BCUT2D eigenvalue weighted by Crippen LogP contribution is 2.31. The number of amides is 1. The van der Waals surface area contributed by atoms with E-state index in [1.807, 2.05) is 65.2 Å². The molecule has 0 atom stereocenters. The van der Waals surface area contributed by atoms with Gasteiger partial charge in [-0.2, -0.15) is 5.26 Å². The summed E-state index contributed by atoms with van der Waals surface area (Å²) in [5.41, 5.74) is 5.24. The molecule has 1 aliphatic rings. The lowest BCUT2D eigenvalue weighted by Gasteiger charge is -2.15. The molecular weight excluding hydrogens is 400 g/mol. The van der Waals surface area contributed by atoms with Crippen molar-refractivity contribution in [3.05, 3.63) is 102 Å². The maximum absolute atomic E-state index is 12.7. The molecule has 0 saturated heterocycles. The Labute approximate surface area is 185 Å². The SMILES string of the molecule is N#Cc1ccc2cc1Oc1cccc(c1)-c1ccccc1CNC(=O)Cc1cncn1C2. The van der Waals surface area contributed by atoms with E-state index >= 15 is 0 Å². The summed E-state index contributed by atoms with van der Waals surface area (Å²) >= 11 is 0. The second-order valence-corrected chi connectivity index (χ2v) is 7.70. The van der Waals surface area contributed by atoms with Gasteiger partial charge in [0, 0.05) is 25.0 Å². The number of aromatic nitrogens is 2. The molecule has 6 nitrogen and oxygen atoms in total. The quantitative estimate of drug-likeness (QED) is 0.456. The molecule has 6 heteroatoms. The third kappa shape index (κ3) is 3.96. The van der Waals surface area contributed by atoms with E-state index in [4.69, 9.17) is 4.74 Å². The van der Waals surface area contributed by atoms with Crippen molar-refractivity contribution in [2.45, 2.75) is 19.5 Å². The van der Waals surface area contributed by atoms with Gasteiger partial charge in [0.05, 0.1) is 18.3 Å². The Morgan fingerprint density at radius 3 is 2.88 bits per heavy atom. The number of carbonyl (C=O) groups excluding carboxylic acids is 1. The summed E-state index contributed by atoms with van der Waals surface area (Å²) in [5.74, 6) is 1.08. The number of nitrogens with zero attached hydrogens (tertiary/aromatic N) is 3. The number of hydrogen-bond donors (Lipinski definition) is 1. The molecule has 1 N–H and O–H groups in total.